The highest BCUT2D eigenvalue weighted by atomic mass is 14.1. The molecule has 0 rings (SSSR count). The van der Waals surface area contributed by atoms with E-state index in [4.69, 9.17) is 0 Å². The summed E-state index contributed by atoms with van der Waals surface area (Å²) in [5.41, 5.74) is 2.65. The third-order valence-electron chi connectivity index (χ3n) is 2.25. The van der Waals surface area contributed by atoms with Crippen molar-refractivity contribution in [2.24, 2.45) is 5.92 Å². The molecular weight excluding hydrogens is 192 g/mol. The zero-order chi connectivity index (χ0) is 13.6. The normalized spacial score (nSPS) is 11.5. The minimum Gasteiger partial charge on any atom is -0.106 e. The van der Waals surface area contributed by atoms with Crippen LogP contribution in [-0.2, 0) is 0 Å². The van der Waals surface area contributed by atoms with Gasteiger partial charge in [0.1, 0.15) is 0 Å². The van der Waals surface area contributed by atoms with Crippen molar-refractivity contribution in [1.29, 1.82) is 0 Å². The van der Waals surface area contributed by atoms with Gasteiger partial charge < -0.3 is 0 Å². The van der Waals surface area contributed by atoms with Gasteiger partial charge in [0.2, 0.25) is 0 Å². The molecule has 0 aromatic carbocycles. The van der Waals surface area contributed by atoms with Crippen LogP contribution in [0, 0.1) is 5.92 Å². The lowest BCUT2D eigenvalue weighted by atomic mass is 9.93. The van der Waals surface area contributed by atoms with E-state index in [0.717, 1.165) is 5.92 Å². The van der Waals surface area contributed by atoms with Crippen LogP contribution in [0.5, 0.6) is 0 Å². The van der Waals surface area contributed by atoms with Crippen LogP contribution in [0.15, 0.2) is 37.0 Å². The summed E-state index contributed by atoms with van der Waals surface area (Å²) in [6, 6.07) is 0. The molecule has 0 heterocycles. The number of hydrogen-bond acceptors (Lipinski definition) is 0. The summed E-state index contributed by atoms with van der Waals surface area (Å²) in [5, 5.41) is 0. The minimum absolute atomic E-state index is 0.804. The van der Waals surface area contributed by atoms with Gasteiger partial charge in [-0.15, -0.1) is 13.2 Å². The molecule has 0 fully saturated rings. The van der Waals surface area contributed by atoms with E-state index in [0.29, 0.717) is 0 Å². The fourth-order valence-corrected chi connectivity index (χ4v) is 1.51. The molecule has 0 aromatic heterocycles. The summed E-state index contributed by atoms with van der Waals surface area (Å²) in [6.45, 7) is 22.7. The Kier molecular flexibility index (Phi) is 21.4. The number of hydrogen-bond donors (Lipinski definition) is 0. The maximum Gasteiger partial charge on any atom is -0.0254 e. The third-order valence-corrected chi connectivity index (χ3v) is 2.25. The lowest BCUT2D eigenvalue weighted by Gasteiger charge is -2.12. The number of allylic oxidation sites excluding steroid dienone is 3. The van der Waals surface area contributed by atoms with Crippen LogP contribution in [-0.4, -0.2) is 0 Å². The Morgan fingerprint density at radius 1 is 1.25 bits per heavy atom. The van der Waals surface area contributed by atoms with Crippen LogP contribution < -0.4 is 0 Å². The van der Waals surface area contributed by atoms with E-state index in [1.807, 2.05) is 13.8 Å². The van der Waals surface area contributed by atoms with Crippen molar-refractivity contribution in [3.8, 4) is 0 Å². The van der Waals surface area contributed by atoms with E-state index in [1.165, 1.54) is 30.4 Å². The molecule has 0 aliphatic carbocycles. The highest BCUT2D eigenvalue weighted by Gasteiger charge is 2.04. The van der Waals surface area contributed by atoms with Gasteiger partial charge in [-0.05, 0) is 31.8 Å². The quantitative estimate of drug-likeness (QED) is 0.387. The Labute approximate surface area is 104 Å². The van der Waals surface area contributed by atoms with Gasteiger partial charge in [0.25, 0.3) is 0 Å². The van der Waals surface area contributed by atoms with Crippen molar-refractivity contribution in [2.75, 3.05) is 0 Å². The average molecular weight is 224 g/mol. The van der Waals surface area contributed by atoms with E-state index >= 15 is 0 Å². The molecule has 1 atom stereocenters. The van der Waals surface area contributed by atoms with Gasteiger partial charge in [-0.1, -0.05) is 58.8 Å². The molecule has 0 saturated carbocycles. The molecule has 96 valence electrons. The molecule has 16 heavy (non-hydrogen) atoms. The summed E-state index contributed by atoms with van der Waals surface area (Å²) in [5.74, 6) is 0.804. The van der Waals surface area contributed by atoms with Gasteiger partial charge >= 0.3 is 0 Å². The Balaban J connectivity index is -0.000000376. The van der Waals surface area contributed by atoms with Gasteiger partial charge in [0.15, 0.2) is 0 Å². The highest BCUT2D eigenvalue weighted by molar-refractivity contribution is 5.25. The fourth-order valence-electron chi connectivity index (χ4n) is 1.51. The van der Waals surface area contributed by atoms with Crippen LogP contribution in [0.2, 0.25) is 0 Å². The molecule has 0 radical (unpaired) electrons. The van der Waals surface area contributed by atoms with Crippen LogP contribution in [0.3, 0.4) is 0 Å². The van der Waals surface area contributed by atoms with E-state index < -0.39 is 0 Å². The number of rotatable bonds is 5. The first-order valence-corrected chi connectivity index (χ1v) is 6.42. The lowest BCUT2D eigenvalue weighted by molar-refractivity contribution is 0.522. The van der Waals surface area contributed by atoms with Crippen molar-refractivity contribution < 1.29 is 0 Å². The van der Waals surface area contributed by atoms with Crippen molar-refractivity contribution in [1.82, 2.24) is 0 Å². The van der Waals surface area contributed by atoms with Gasteiger partial charge in [0, 0.05) is 0 Å². The molecule has 0 amide bonds. The Bertz CT molecular complexity index is 174. The maximum atomic E-state index is 3.97. The molecular formula is C16H32. The van der Waals surface area contributed by atoms with Crippen molar-refractivity contribution in [2.45, 2.75) is 60.8 Å². The van der Waals surface area contributed by atoms with Crippen molar-refractivity contribution in [3.05, 3.63) is 37.0 Å². The summed E-state index contributed by atoms with van der Waals surface area (Å²) >= 11 is 0. The molecule has 0 aliphatic rings. The second-order valence-corrected chi connectivity index (χ2v) is 3.69. The molecule has 0 heteroatoms. The van der Waals surface area contributed by atoms with E-state index in [-0.39, 0.29) is 0 Å². The van der Waals surface area contributed by atoms with Crippen LogP contribution in [0.1, 0.15) is 60.8 Å². The van der Waals surface area contributed by atoms with Crippen molar-refractivity contribution >= 4 is 0 Å². The molecule has 1 unspecified atom stereocenters. The first kappa shape index (κ1) is 20.6. The van der Waals surface area contributed by atoms with E-state index in [2.05, 4.69) is 53.5 Å². The zero-order valence-corrected chi connectivity index (χ0v) is 12.4. The molecule has 0 spiro atoms. The molecule has 0 aliphatic heterocycles. The predicted octanol–water partition coefficient (Wildman–Crippen LogP) is 6.16. The third kappa shape index (κ3) is 13.2. The van der Waals surface area contributed by atoms with Gasteiger partial charge in [-0.2, -0.15) is 0 Å². The summed E-state index contributed by atoms with van der Waals surface area (Å²) in [4.78, 5) is 0. The molecule has 0 aromatic rings. The smallest absolute Gasteiger partial charge is 0.0254 e. The largest absolute Gasteiger partial charge is 0.106 e. The topological polar surface area (TPSA) is 0 Å². The van der Waals surface area contributed by atoms with E-state index in [1.54, 1.807) is 0 Å². The minimum atomic E-state index is 0.804. The van der Waals surface area contributed by atoms with Gasteiger partial charge in [-0.3, -0.25) is 0 Å². The molecule has 0 N–H and O–H groups in total. The van der Waals surface area contributed by atoms with Crippen LogP contribution >= 0.6 is 0 Å². The lowest BCUT2D eigenvalue weighted by Crippen LogP contribution is -1.97. The molecule has 0 saturated heterocycles. The van der Waals surface area contributed by atoms with Crippen molar-refractivity contribution in [3.63, 3.8) is 0 Å². The van der Waals surface area contributed by atoms with E-state index in [9.17, 15) is 0 Å². The molecule has 0 bridgehead atoms. The second kappa shape index (κ2) is 16.6. The summed E-state index contributed by atoms with van der Waals surface area (Å²) < 4.78 is 0. The standard InChI is InChI=1S/C12H22.C2H6.C2H4/c1-6-8-11(5)9-12(7-2)10(3)4;2*1-2/h7,11H,3,6,8-9H2,1-2,4-5H3;1-2H3;1-2H2/b12-7-;;. The Hall–Kier alpha value is -0.780. The first-order valence-electron chi connectivity index (χ1n) is 6.42. The summed E-state index contributed by atoms with van der Waals surface area (Å²) in [6.07, 6.45) is 5.99. The predicted molar refractivity (Wildman–Crippen MR) is 79.9 cm³/mol. The maximum absolute atomic E-state index is 3.97. The zero-order valence-electron chi connectivity index (χ0n) is 12.4. The Morgan fingerprint density at radius 3 is 1.94 bits per heavy atom. The highest BCUT2D eigenvalue weighted by Crippen LogP contribution is 2.20. The monoisotopic (exact) mass is 224 g/mol. The van der Waals surface area contributed by atoms with Gasteiger partial charge in [-0.25, -0.2) is 0 Å². The fraction of sp³-hybridized carbons (Fsp3) is 0.625. The summed E-state index contributed by atoms with van der Waals surface area (Å²) in [7, 11) is 0. The first-order chi connectivity index (χ1) is 7.61. The van der Waals surface area contributed by atoms with Gasteiger partial charge in [0.05, 0.1) is 0 Å². The Morgan fingerprint density at radius 2 is 1.69 bits per heavy atom. The van der Waals surface area contributed by atoms with Crippen LogP contribution in [0.4, 0.5) is 0 Å². The SMILES string of the molecule is C=C.C=C(C)/C(=C\C)CC(C)CCC.CC. The average Bonchev–Trinajstić information content (AvgIpc) is 2.31. The van der Waals surface area contributed by atoms with Crippen LogP contribution in [0.25, 0.3) is 0 Å². The second-order valence-electron chi connectivity index (χ2n) is 3.69. The molecule has 0 nitrogen and oxygen atoms in total.